The van der Waals surface area contributed by atoms with Crippen molar-refractivity contribution >= 4 is 34.0 Å². The standard InChI is InChI=1S/C3H8N.CH3.2ClH.Sn/c1-2-3-4;;;;/h1-4H2;1H3;2*1H;/q;;;;+2/p-2. The summed E-state index contributed by atoms with van der Waals surface area (Å²) in [7, 11) is 11.7. The van der Waals surface area contributed by atoms with E-state index in [1.54, 1.807) is 0 Å². The van der Waals surface area contributed by atoms with Gasteiger partial charge in [0.15, 0.2) is 0 Å². The van der Waals surface area contributed by atoms with E-state index in [0.29, 0.717) is 6.54 Å². The van der Waals surface area contributed by atoms with Crippen molar-refractivity contribution in [2.45, 2.75) is 15.8 Å². The Hall–Kier alpha value is 1.34. The first kappa shape index (κ1) is 9.34. The van der Waals surface area contributed by atoms with Gasteiger partial charge in [-0.15, -0.1) is 0 Å². The molecule has 0 radical (unpaired) electrons. The molecule has 0 aliphatic heterocycles. The van der Waals surface area contributed by atoms with Crippen LogP contribution in [-0.4, -0.2) is 22.7 Å². The third kappa shape index (κ3) is 7.34. The normalized spacial score (nSPS) is 12.0. The Bertz CT molecular complexity index is 61.5. The van der Waals surface area contributed by atoms with E-state index in [1.165, 1.54) is 0 Å². The van der Waals surface area contributed by atoms with Gasteiger partial charge in [-0.2, -0.15) is 0 Å². The van der Waals surface area contributed by atoms with Crippen molar-refractivity contribution < 1.29 is 0 Å². The molecule has 0 amide bonds. The molecule has 50 valence electrons. The zero-order chi connectivity index (χ0) is 6.62. The molecule has 0 heterocycles. The van der Waals surface area contributed by atoms with Crippen LogP contribution in [0.3, 0.4) is 0 Å². The van der Waals surface area contributed by atoms with Crippen LogP contribution in [0, 0.1) is 0 Å². The average molecular weight is 263 g/mol. The third-order valence-electron chi connectivity index (χ3n) is 0.820. The summed E-state index contributed by atoms with van der Waals surface area (Å²) in [6.07, 6.45) is 0.986. The number of halogens is 2. The van der Waals surface area contributed by atoms with Crippen molar-refractivity contribution in [1.82, 2.24) is 0 Å². The first-order chi connectivity index (χ1) is 3.56. The van der Waals surface area contributed by atoms with E-state index in [2.05, 4.69) is 0 Å². The second kappa shape index (κ2) is 4.20. The fraction of sp³-hybridized carbons (Fsp3) is 1.00. The Morgan fingerprint density at radius 3 is 2.12 bits per heavy atom. The van der Waals surface area contributed by atoms with E-state index >= 15 is 0 Å². The molecular weight excluding hydrogens is 252 g/mol. The van der Waals surface area contributed by atoms with Crippen molar-refractivity contribution in [3.63, 3.8) is 0 Å². The van der Waals surface area contributed by atoms with Crippen LogP contribution in [0.25, 0.3) is 0 Å². The summed E-state index contributed by atoms with van der Waals surface area (Å²) in [6, 6.07) is 0. The van der Waals surface area contributed by atoms with Crippen LogP contribution in [0.15, 0.2) is 0 Å². The van der Waals surface area contributed by atoms with E-state index in [0.717, 1.165) is 10.9 Å². The number of hydrogen-bond donors (Lipinski definition) is 1. The third-order valence-corrected chi connectivity index (χ3v) is 6.87. The Kier molecular flexibility index (Phi) is 4.90. The van der Waals surface area contributed by atoms with Crippen LogP contribution in [-0.2, 0) is 0 Å². The number of hydrogen-bond acceptors (Lipinski definition) is 1. The molecule has 0 aromatic rings. The summed E-state index contributed by atoms with van der Waals surface area (Å²) in [5.74, 6) is 0. The van der Waals surface area contributed by atoms with Crippen LogP contribution in [0.4, 0.5) is 0 Å². The molecule has 0 saturated heterocycles. The van der Waals surface area contributed by atoms with Crippen LogP contribution >= 0.6 is 17.8 Å². The minimum absolute atomic E-state index is 0.714. The molecule has 0 saturated carbocycles. The predicted octanol–water partition coefficient (Wildman–Crippen LogP) is 1.88. The molecule has 2 N–H and O–H groups in total. The summed E-state index contributed by atoms with van der Waals surface area (Å²) in [5.41, 5.74) is 5.25. The monoisotopic (exact) mass is 263 g/mol. The van der Waals surface area contributed by atoms with Crippen molar-refractivity contribution in [2.75, 3.05) is 6.54 Å². The molecule has 0 rings (SSSR count). The maximum absolute atomic E-state index is 5.83. The Morgan fingerprint density at radius 2 is 2.00 bits per heavy atom. The first-order valence-corrected chi connectivity index (χ1v) is 14.7. The summed E-state index contributed by atoms with van der Waals surface area (Å²) >= 11 is -2.44. The molecule has 0 aliphatic carbocycles. The Balaban J connectivity index is 3.11. The van der Waals surface area contributed by atoms with Gasteiger partial charge in [-0.3, -0.25) is 0 Å². The molecule has 0 atom stereocenters. The van der Waals surface area contributed by atoms with E-state index in [1.807, 2.05) is 4.94 Å². The molecule has 0 bridgehead atoms. The Morgan fingerprint density at radius 1 is 1.50 bits per heavy atom. The van der Waals surface area contributed by atoms with E-state index in [-0.39, 0.29) is 0 Å². The van der Waals surface area contributed by atoms with Gasteiger partial charge in [0.05, 0.1) is 0 Å². The second-order valence-corrected chi connectivity index (χ2v) is 22.0. The quantitative estimate of drug-likeness (QED) is 0.773. The topological polar surface area (TPSA) is 26.0 Å². The fourth-order valence-electron chi connectivity index (χ4n) is 0.412. The fourth-order valence-corrected chi connectivity index (χ4v) is 4.56. The molecule has 0 spiro atoms. The molecule has 0 aliphatic rings. The van der Waals surface area contributed by atoms with Crippen molar-refractivity contribution in [3.05, 3.63) is 0 Å². The van der Waals surface area contributed by atoms with Crippen LogP contribution in [0.5, 0.6) is 0 Å². The SMILES string of the molecule is [CH3][Sn]([Cl])([Cl])[CH2]CCN. The summed E-state index contributed by atoms with van der Waals surface area (Å²) < 4.78 is 0.980. The first-order valence-electron chi connectivity index (χ1n) is 2.64. The Labute approximate surface area is 61.8 Å². The van der Waals surface area contributed by atoms with Gasteiger partial charge in [0.1, 0.15) is 0 Å². The van der Waals surface area contributed by atoms with E-state index < -0.39 is 16.1 Å². The summed E-state index contributed by atoms with van der Waals surface area (Å²) in [5, 5.41) is 0. The summed E-state index contributed by atoms with van der Waals surface area (Å²) in [4.78, 5) is 1.98. The van der Waals surface area contributed by atoms with Gasteiger partial charge in [-0.1, -0.05) is 0 Å². The van der Waals surface area contributed by atoms with Crippen molar-refractivity contribution in [1.29, 1.82) is 0 Å². The van der Waals surface area contributed by atoms with Crippen LogP contribution < -0.4 is 5.73 Å². The minimum atomic E-state index is -2.44. The number of rotatable bonds is 3. The summed E-state index contributed by atoms with van der Waals surface area (Å²) in [6.45, 7) is 0.714. The molecule has 4 heteroatoms. The molecule has 0 fully saturated rings. The average Bonchev–Trinajstić information content (AvgIpc) is 1.59. The van der Waals surface area contributed by atoms with Gasteiger partial charge < -0.3 is 0 Å². The number of nitrogens with two attached hydrogens (primary N) is 1. The van der Waals surface area contributed by atoms with Gasteiger partial charge in [-0.25, -0.2) is 0 Å². The van der Waals surface area contributed by atoms with Gasteiger partial charge in [0.2, 0.25) is 0 Å². The molecule has 0 aromatic carbocycles. The molecule has 8 heavy (non-hydrogen) atoms. The molecule has 1 nitrogen and oxygen atoms in total. The molecule has 0 unspecified atom stereocenters. The van der Waals surface area contributed by atoms with Gasteiger partial charge in [-0.05, 0) is 0 Å². The van der Waals surface area contributed by atoms with Crippen molar-refractivity contribution in [3.8, 4) is 0 Å². The van der Waals surface area contributed by atoms with Crippen LogP contribution in [0.2, 0.25) is 9.38 Å². The van der Waals surface area contributed by atoms with Gasteiger partial charge >= 0.3 is 62.0 Å². The van der Waals surface area contributed by atoms with Gasteiger partial charge in [0.25, 0.3) is 0 Å². The predicted molar refractivity (Wildman–Crippen MR) is 41.8 cm³/mol. The maximum atomic E-state index is 5.83. The second-order valence-electron chi connectivity index (χ2n) is 1.96. The zero-order valence-electron chi connectivity index (χ0n) is 4.95. The van der Waals surface area contributed by atoms with Crippen molar-refractivity contribution in [2.24, 2.45) is 5.73 Å². The van der Waals surface area contributed by atoms with Crippen LogP contribution in [0.1, 0.15) is 6.42 Å². The zero-order valence-corrected chi connectivity index (χ0v) is 9.32. The molecular formula is C4H11Cl2NSn. The van der Waals surface area contributed by atoms with E-state index in [4.69, 9.17) is 23.6 Å². The van der Waals surface area contributed by atoms with E-state index in [9.17, 15) is 0 Å². The van der Waals surface area contributed by atoms with Gasteiger partial charge in [0, 0.05) is 0 Å². The molecule has 0 aromatic heterocycles.